The van der Waals surface area contributed by atoms with Gasteiger partial charge in [0.1, 0.15) is 6.10 Å². The highest BCUT2D eigenvalue weighted by Crippen LogP contribution is 2.16. The predicted octanol–water partition coefficient (Wildman–Crippen LogP) is 0.951. The van der Waals surface area contributed by atoms with E-state index in [0.29, 0.717) is 13.2 Å². The number of hydrogen-bond acceptors (Lipinski definition) is 3. The minimum atomic E-state index is -0.340. The Balaban J connectivity index is 2.23. The van der Waals surface area contributed by atoms with Gasteiger partial charge < -0.3 is 14.6 Å². The van der Waals surface area contributed by atoms with Crippen molar-refractivity contribution in [1.29, 1.82) is 0 Å². The Morgan fingerprint density at radius 1 is 1.50 bits per heavy atom. The van der Waals surface area contributed by atoms with E-state index in [1.54, 1.807) is 0 Å². The average molecular weight is 174 g/mol. The van der Waals surface area contributed by atoms with Crippen LogP contribution >= 0.6 is 0 Å². The van der Waals surface area contributed by atoms with Crippen molar-refractivity contribution in [3.63, 3.8) is 0 Å². The molecule has 3 nitrogen and oxygen atoms in total. The topological polar surface area (TPSA) is 38.7 Å². The molecule has 0 aromatic rings. The molecule has 1 rings (SSSR count). The summed E-state index contributed by atoms with van der Waals surface area (Å²) in [6.07, 6.45) is 0.273. The van der Waals surface area contributed by atoms with Crippen molar-refractivity contribution in [3.05, 3.63) is 0 Å². The lowest BCUT2D eigenvalue weighted by atomic mass is 10.1. The third kappa shape index (κ3) is 3.09. The molecule has 3 heteroatoms. The zero-order chi connectivity index (χ0) is 9.19. The average Bonchev–Trinajstić information content (AvgIpc) is 2.29. The third-order valence-corrected chi connectivity index (χ3v) is 1.86. The summed E-state index contributed by atoms with van der Waals surface area (Å²) in [5, 5.41) is 9.38. The summed E-state index contributed by atoms with van der Waals surface area (Å²) in [4.78, 5) is 0. The molecular formula is C9H18O3. The molecule has 0 saturated carbocycles. The SMILES string of the molecule is CC(C)(C)OCC1OCCC1O. The molecule has 0 amide bonds. The summed E-state index contributed by atoms with van der Waals surface area (Å²) < 4.78 is 10.8. The van der Waals surface area contributed by atoms with Crippen molar-refractivity contribution in [2.24, 2.45) is 0 Å². The smallest absolute Gasteiger partial charge is 0.107 e. The quantitative estimate of drug-likeness (QED) is 0.677. The maximum atomic E-state index is 9.38. The van der Waals surface area contributed by atoms with Crippen molar-refractivity contribution >= 4 is 0 Å². The van der Waals surface area contributed by atoms with Gasteiger partial charge in [-0.2, -0.15) is 0 Å². The standard InChI is InChI=1S/C9H18O3/c1-9(2,3)12-6-8-7(10)4-5-11-8/h7-8,10H,4-6H2,1-3H3. The van der Waals surface area contributed by atoms with E-state index in [-0.39, 0.29) is 17.8 Å². The van der Waals surface area contributed by atoms with Crippen LogP contribution in [0.3, 0.4) is 0 Å². The molecule has 2 atom stereocenters. The van der Waals surface area contributed by atoms with Crippen LogP contribution in [0.4, 0.5) is 0 Å². The highest BCUT2D eigenvalue weighted by molar-refractivity contribution is 4.75. The van der Waals surface area contributed by atoms with Gasteiger partial charge in [0.2, 0.25) is 0 Å². The lowest BCUT2D eigenvalue weighted by Crippen LogP contribution is -2.31. The number of hydrogen-bond donors (Lipinski definition) is 1. The van der Waals surface area contributed by atoms with Gasteiger partial charge in [-0.05, 0) is 27.2 Å². The van der Waals surface area contributed by atoms with E-state index in [9.17, 15) is 5.11 Å². The van der Waals surface area contributed by atoms with Crippen LogP contribution in [0.1, 0.15) is 27.2 Å². The molecule has 1 heterocycles. The first-order chi connectivity index (χ1) is 5.49. The van der Waals surface area contributed by atoms with E-state index in [4.69, 9.17) is 9.47 Å². The molecule has 1 N–H and O–H groups in total. The first-order valence-corrected chi connectivity index (χ1v) is 4.43. The van der Waals surface area contributed by atoms with Gasteiger partial charge in [-0.1, -0.05) is 0 Å². The molecule has 0 spiro atoms. The van der Waals surface area contributed by atoms with Gasteiger partial charge in [0.25, 0.3) is 0 Å². The largest absolute Gasteiger partial charge is 0.390 e. The van der Waals surface area contributed by atoms with Gasteiger partial charge in [0.05, 0.1) is 18.3 Å². The van der Waals surface area contributed by atoms with E-state index < -0.39 is 0 Å². The second-order valence-electron chi connectivity index (χ2n) is 4.19. The molecule has 0 radical (unpaired) electrons. The summed E-state index contributed by atoms with van der Waals surface area (Å²) in [7, 11) is 0. The van der Waals surface area contributed by atoms with Crippen LogP contribution in [-0.4, -0.2) is 36.1 Å². The first-order valence-electron chi connectivity index (χ1n) is 4.43. The van der Waals surface area contributed by atoms with Crippen LogP contribution in [0.5, 0.6) is 0 Å². The van der Waals surface area contributed by atoms with E-state index in [1.165, 1.54) is 0 Å². The summed E-state index contributed by atoms with van der Waals surface area (Å²) in [6.45, 7) is 7.13. The van der Waals surface area contributed by atoms with Gasteiger partial charge in [-0.15, -0.1) is 0 Å². The number of rotatable bonds is 2. The zero-order valence-electron chi connectivity index (χ0n) is 8.04. The Bertz CT molecular complexity index is 139. The van der Waals surface area contributed by atoms with Crippen molar-refractivity contribution < 1.29 is 14.6 Å². The van der Waals surface area contributed by atoms with Gasteiger partial charge in [-0.3, -0.25) is 0 Å². The van der Waals surface area contributed by atoms with Gasteiger partial charge in [-0.25, -0.2) is 0 Å². The summed E-state index contributed by atoms with van der Waals surface area (Å²) in [5.74, 6) is 0. The van der Waals surface area contributed by atoms with E-state index >= 15 is 0 Å². The van der Waals surface area contributed by atoms with Crippen molar-refractivity contribution in [1.82, 2.24) is 0 Å². The molecule has 0 aromatic carbocycles. The van der Waals surface area contributed by atoms with Crippen LogP contribution in [0.2, 0.25) is 0 Å². The molecule has 1 aliphatic heterocycles. The van der Waals surface area contributed by atoms with Crippen LogP contribution in [-0.2, 0) is 9.47 Å². The molecule has 1 saturated heterocycles. The van der Waals surface area contributed by atoms with Crippen molar-refractivity contribution in [3.8, 4) is 0 Å². The molecule has 72 valence electrons. The molecule has 1 aliphatic rings. The maximum absolute atomic E-state index is 9.38. The number of ether oxygens (including phenoxy) is 2. The summed E-state index contributed by atoms with van der Waals surface area (Å²) >= 11 is 0. The fourth-order valence-electron chi connectivity index (χ4n) is 1.13. The number of aliphatic hydroxyl groups is 1. The first kappa shape index (κ1) is 9.96. The maximum Gasteiger partial charge on any atom is 0.107 e. The van der Waals surface area contributed by atoms with Gasteiger partial charge in [0, 0.05) is 6.61 Å². The second kappa shape index (κ2) is 3.73. The molecule has 0 aliphatic carbocycles. The number of aliphatic hydroxyl groups excluding tert-OH is 1. The Labute approximate surface area is 73.7 Å². The minimum Gasteiger partial charge on any atom is -0.390 e. The highest BCUT2D eigenvalue weighted by Gasteiger charge is 2.27. The lowest BCUT2D eigenvalue weighted by Gasteiger charge is -2.23. The van der Waals surface area contributed by atoms with Gasteiger partial charge >= 0.3 is 0 Å². The van der Waals surface area contributed by atoms with Crippen molar-refractivity contribution in [2.45, 2.75) is 45.0 Å². The fraction of sp³-hybridized carbons (Fsp3) is 1.00. The fourth-order valence-corrected chi connectivity index (χ4v) is 1.13. The highest BCUT2D eigenvalue weighted by atomic mass is 16.6. The Kier molecular flexibility index (Phi) is 3.09. The molecule has 2 unspecified atom stereocenters. The third-order valence-electron chi connectivity index (χ3n) is 1.86. The van der Waals surface area contributed by atoms with Crippen LogP contribution in [0.15, 0.2) is 0 Å². The molecule has 1 fully saturated rings. The molecule has 12 heavy (non-hydrogen) atoms. The molecule has 0 aromatic heterocycles. The van der Waals surface area contributed by atoms with Crippen LogP contribution < -0.4 is 0 Å². The van der Waals surface area contributed by atoms with Gasteiger partial charge in [0.15, 0.2) is 0 Å². The molecule has 0 bridgehead atoms. The summed E-state index contributed by atoms with van der Waals surface area (Å²) in [6, 6.07) is 0. The Morgan fingerprint density at radius 2 is 2.17 bits per heavy atom. The normalized spacial score (nSPS) is 31.0. The van der Waals surface area contributed by atoms with Crippen molar-refractivity contribution in [2.75, 3.05) is 13.2 Å². The molecular weight excluding hydrogens is 156 g/mol. The Morgan fingerprint density at radius 3 is 2.58 bits per heavy atom. The zero-order valence-corrected chi connectivity index (χ0v) is 8.04. The van der Waals surface area contributed by atoms with Crippen LogP contribution in [0.25, 0.3) is 0 Å². The summed E-state index contributed by atoms with van der Waals surface area (Å²) in [5.41, 5.74) is -0.147. The minimum absolute atomic E-state index is 0.121. The van der Waals surface area contributed by atoms with E-state index in [0.717, 1.165) is 6.42 Å². The predicted molar refractivity (Wildman–Crippen MR) is 46.1 cm³/mol. The van der Waals surface area contributed by atoms with E-state index in [1.807, 2.05) is 20.8 Å². The van der Waals surface area contributed by atoms with E-state index in [2.05, 4.69) is 0 Å². The lowest BCUT2D eigenvalue weighted by molar-refractivity contribution is -0.0768. The monoisotopic (exact) mass is 174 g/mol. The second-order valence-corrected chi connectivity index (χ2v) is 4.19. The Hall–Kier alpha value is -0.120. The van der Waals surface area contributed by atoms with Crippen LogP contribution in [0, 0.1) is 0 Å².